The summed E-state index contributed by atoms with van der Waals surface area (Å²) < 4.78 is 0. The summed E-state index contributed by atoms with van der Waals surface area (Å²) in [7, 11) is 0. The minimum atomic E-state index is -0.959. The molecule has 0 fully saturated rings. The van der Waals surface area contributed by atoms with Gasteiger partial charge >= 0.3 is 5.97 Å². The third kappa shape index (κ3) is 7.10. The van der Waals surface area contributed by atoms with Crippen LogP contribution in [-0.2, 0) is 4.79 Å². The van der Waals surface area contributed by atoms with Crippen molar-refractivity contribution in [2.45, 2.75) is 38.2 Å². The molecule has 68 valence electrons. The van der Waals surface area contributed by atoms with E-state index in [4.69, 9.17) is 16.6 Å². The third-order valence-corrected chi connectivity index (χ3v) is 1.52. The molecule has 0 aliphatic carbocycles. The van der Waals surface area contributed by atoms with Crippen LogP contribution in [0.25, 0.3) is 0 Å². The molecule has 0 heterocycles. The topological polar surface area (TPSA) is 57.5 Å². The second-order valence-corrected chi connectivity index (χ2v) is 2.70. The Morgan fingerprint density at radius 3 is 2.67 bits per heavy atom. The Morgan fingerprint density at radius 1 is 1.50 bits per heavy atom. The molecule has 2 N–H and O–H groups in total. The van der Waals surface area contributed by atoms with Crippen molar-refractivity contribution in [2.75, 3.05) is 0 Å². The first-order valence-electron chi connectivity index (χ1n) is 4.00. The van der Waals surface area contributed by atoms with Crippen LogP contribution in [0.5, 0.6) is 0 Å². The summed E-state index contributed by atoms with van der Waals surface area (Å²) in [5.74, 6) is 1.53. The summed E-state index contributed by atoms with van der Waals surface area (Å²) in [5.41, 5.74) is 0. The van der Waals surface area contributed by atoms with Crippen LogP contribution in [0.4, 0.5) is 0 Å². The zero-order valence-electron chi connectivity index (χ0n) is 6.99. The van der Waals surface area contributed by atoms with Crippen molar-refractivity contribution in [3.8, 4) is 12.3 Å². The first-order valence-corrected chi connectivity index (χ1v) is 4.00. The molecule has 0 aromatic rings. The number of carboxylic acid groups (broad SMARTS) is 1. The van der Waals surface area contributed by atoms with E-state index in [0.29, 0.717) is 12.8 Å². The van der Waals surface area contributed by atoms with Crippen molar-refractivity contribution in [1.82, 2.24) is 0 Å². The molecule has 3 nitrogen and oxygen atoms in total. The zero-order valence-corrected chi connectivity index (χ0v) is 6.99. The average molecular weight is 170 g/mol. The van der Waals surface area contributed by atoms with Gasteiger partial charge in [-0.05, 0) is 19.3 Å². The summed E-state index contributed by atoms with van der Waals surface area (Å²) in [6.45, 7) is 0. The first-order chi connectivity index (χ1) is 5.66. The molecular weight excluding hydrogens is 156 g/mol. The quantitative estimate of drug-likeness (QED) is 0.462. The van der Waals surface area contributed by atoms with E-state index >= 15 is 0 Å². The van der Waals surface area contributed by atoms with Crippen molar-refractivity contribution in [2.24, 2.45) is 0 Å². The maximum atomic E-state index is 10.1. The number of rotatable bonds is 6. The Labute approximate surface area is 72.4 Å². The van der Waals surface area contributed by atoms with E-state index in [1.807, 2.05) is 0 Å². The number of unbranched alkanes of at least 4 members (excludes halogenated alkanes) is 2. The molecule has 0 saturated heterocycles. The lowest BCUT2D eigenvalue weighted by molar-refractivity contribution is -0.139. The van der Waals surface area contributed by atoms with Gasteiger partial charge in [0.2, 0.25) is 0 Å². The normalized spacial score (nSPS) is 12.0. The number of aliphatic carboxylic acids is 1. The highest BCUT2D eigenvalue weighted by Crippen LogP contribution is 2.05. The maximum Gasteiger partial charge on any atom is 0.305 e. The highest BCUT2D eigenvalue weighted by Gasteiger charge is 2.07. The minimum absolute atomic E-state index is 0.171. The fourth-order valence-electron chi connectivity index (χ4n) is 0.911. The predicted octanol–water partition coefficient (Wildman–Crippen LogP) is 1.02. The molecule has 0 bridgehead atoms. The number of aliphatic hydroxyl groups is 1. The van der Waals surface area contributed by atoms with E-state index in [9.17, 15) is 4.79 Å². The summed E-state index contributed by atoms with van der Waals surface area (Å²) in [6.07, 6.45) is 6.99. The predicted molar refractivity (Wildman–Crippen MR) is 45.6 cm³/mol. The van der Waals surface area contributed by atoms with E-state index in [1.54, 1.807) is 0 Å². The van der Waals surface area contributed by atoms with Crippen LogP contribution in [-0.4, -0.2) is 22.3 Å². The molecule has 0 saturated carbocycles. The largest absolute Gasteiger partial charge is 0.481 e. The monoisotopic (exact) mass is 170 g/mol. The standard InChI is InChI=1S/C9H14O3/c1-2-3-4-5-6-8(10)7-9(11)12/h1,8,10H,3-7H2,(H,11,12). The molecule has 3 heteroatoms. The molecule has 0 rings (SSSR count). The molecule has 0 spiro atoms. The second-order valence-electron chi connectivity index (χ2n) is 2.70. The fourth-order valence-corrected chi connectivity index (χ4v) is 0.911. The molecule has 0 radical (unpaired) electrons. The van der Waals surface area contributed by atoms with Crippen LogP contribution in [0.1, 0.15) is 32.1 Å². The molecule has 0 amide bonds. The van der Waals surface area contributed by atoms with Crippen LogP contribution >= 0.6 is 0 Å². The molecule has 1 unspecified atom stereocenters. The number of hydrogen-bond acceptors (Lipinski definition) is 2. The summed E-state index contributed by atoms with van der Waals surface area (Å²) in [4.78, 5) is 10.1. The van der Waals surface area contributed by atoms with Gasteiger partial charge in [-0.15, -0.1) is 12.3 Å². The lowest BCUT2D eigenvalue weighted by Gasteiger charge is -2.05. The zero-order chi connectivity index (χ0) is 9.40. The Kier molecular flexibility index (Phi) is 6.12. The van der Waals surface area contributed by atoms with Gasteiger partial charge in [0.1, 0.15) is 0 Å². The first kappa shape index (κ1) is 11.0. The van der Waals surface area contributed by atoms with Crippen LogP contribution in [0.15, 0.2) is 0 Å². The number of carbonyl (C=O) groups is 1. The van der Waals surface area contributed by atoms with E-state index < -0.39 is 12.1 Å². The van der Waals surface area contributed by atoms with Gasteiger partial charge in [-0.1, -0.05) is 0 Å². The van der Waals surface area contributed by atoms with Gasteiger partial charge in [-0.3, -0.25) is 4.79 Å². The Morgan fingerprint density at radius 2 is 2.17 bits per heavy atom. The van der Waals surface area contributed by atoms with Crippen LogP contribution < -0.4 is 0 Å². The molecule has 0 aliphatic heterocycles. The van der Waals surface area contributed by atoms with Crippen molar-refractivity contribution in [3.63, 3.8) is 0 Å². The minimum Gasteiger partial charge on any atom is -0.481 e. The van der Waals surface area contributed by atoms with E-state index in [2.05, 4.69) is 5.92 Å². The number of terminal acetylenes is 1. The second kappa shape index (κ2) is 6.68. The van der Waals surface area contributed by atoms with Gasteiger partial charge in [0.05, 0.1) is 12.5 Å². The van der Waals surface area contributed by atoms with Crippen LogP contribution in [0.3, 0.4) is 0 Å². The van der Waals surface area contributed by atoms with Crippen molar-refractivity contribution in [3.05, 3.63) is 0 Å². The Hall–Kier alpha value is -1.01. The van der Waals surface area contributed by atoms with E-state index in [-0.39, 0.29) is 6.42 Å². The molecule has 12 heavy (non-hydrogen) atoms. The number of carboxylic acids is 1. The van der Waals surface area contributed by atoms with Crippen molar-refractivity contribution >= 4 is 5.97 Å². The fraction of sp³-hybridized carbons (Fsp3) is 0.667. The Balaban J connectivity index is 3.26. The molecule has 0 aliphatic rings. The maximum absolute atomic E-state index is 10.1. The van der Waals surface area contributed by atoms with Crippen LogP contribution in [0, 0.1) is 12.3 Å². The summed E-state index contributed by atoms with van der Waals surface area (Å²) >= 11 is 0. The number of aliphatic hydroxyl groups excluding tert-OH is 1. The summed E-state index contributed by atoms with van der Waals surface area (Å²) in [5, 5.41) is 17.4. The van der Waals surface area contributed by atoms with E-state index in [1.165, 1.54) is 0 Å². The molecule has 0 aromatic carbocycles. The molecule has 1 atom stereocenters. The third-order valence-electron chi connectivity index (χ3n) is 1.52. The van der Waals surface area contributed by atoms with E-state index in [0.717, 1.165) is 12.8 Å². The lowest BCUT2D eigenvalue weighted by Crippen LogP contribution is -2.12. The highest BCUT2D eigenvalue weighted by molar-refractivity contribution is 5.67. The van der Waals surface area contributed by atoms with Crippen molar-refractivity contribution < 1.29 is 15.0 Å². The van der Waals surface area contributed by atoms with Gasteiger partial charge < -0.3 is 10.2 Å². The van der Waals surface area contributed by atoms with Gasteiger partial charge in [-0.2, -0.15) is 0 Å². The average Bonchev–Trinajstić information content (AvgIpc) is 1.97. The highest BCUT2D eigenvalue weighted by atomic mass is 16.4. The molecular formula is C9H14O3. The van der Waals surface area contributed by atoms with Crippen LogP contribution in [0.2, 0.25) is 0 Å². The number of hydrogen-bond donors (Lipinski definition) is 2. The van der Waals surface area contributed by atoms with Gasteiger partial charge in [0.15, 0.2) is 0 Å². The van der Waals surface area contributed by atoms with Gasteiger partial charge in [-0.25, -0.2) is 0 Å². The Bertz CT molecular complexity index is 169. The SMILES string of the molecule is C#CCCCCC(O)CC(=O)O. The smallest absolute Gasteiger partial charge is 0.305 e. The lowest BCUT2D eigenvalue weighted by atomic mass is 10.1. The summed E-state index contributed by atoms with van der Waals surface area (Å²) in [6, 6.07) is 0. The van der Waals surface area contributed by atoms with Crippen molar-refractivity contribution in [1.29, 1.82) is 0 Å². The van der Waals surface area contributed by atoms with Gasteiger partial charge in [0, 0.05) is 6.42 Å². The van der Waals surface area contributed by atoms with Gasteiger partial charge in [0.25, 0.3) is 0 Å². The molecule has 0 aromatic heterocycles.